The van der Waals surface area contributed by atoms with Crippen LogP contribution in [0.3, 0.4) is 0 Å². The van der Waals surface area contributed by atoms with E-state index in [9.17, 15) is 39.6 Å². The highest BCUT2D eigenvalue weighted by Gasteiger charge is 2.49. The summed E-state index contributed by atoms with van der Waals surface area (Å²) in [6.45, 7) is 0.00292. The van der Waals surface area contributed by atoms with Crippen molar-refractivity contribution in [1.29, 1.82) is 0 Å². The molecule has 0 saturated carbocycles. The molecule has 1 saturated heterocycles. The maximum absolute atomic E-state index is 14.6. The van der Waals surface area contributed by atoms with Gasteiger partial charge >= 0.3 is 6.18 Å². The molecule has 1 aliphatic heterocycles. The van der Waals surface area contributed by atoms with Crippen LogP contribution in [0, 0.1) is 5.82 Å². The average Bonchev–Trinajstić information content (AvgIpc) is 3.21. The van der Waals surface area contributed by atoms with Gasteiger partial charge in [0.2, 0.25) is 21.8 Å². The molecule has 1 amide bonds. The van der Waals surface area contributed by atoms with Crippen molar-refractivity contribution in [2.45, 2.75) is 55.9 Å². The van der Waals surface area contributed by atoms with Crippen molar-refractivity contribution in [1.82, 2.24) is 24.6 Å². The van der Waals surface area contributed by atoms with Gasteiger partial charge in [-0.25, -0.2) is 31.6 Å². The highest BCUT2D eigenvalue weighted by Crippen LogP contribution is 2.33. The molecule has 3 aromatic rings. The molecule has 15 heteroatoms. The lowest BCUT2D eigenvalue weighted by Crippen LogP contribution is -2.48. The van der Waals surface area contributed by atoms with Gasteiger partial charge < -0.3 is 5.32 Å². The van der Waals surface area contributed by atoms with Gasteiger partial charge in [0.15, 0.2) is 0 Å². The molecule has 0 spiro atoms. The second kappa shape index (κ2) is 10.9. The van der Waals surface area contributed by atoms with E-state index in [1.165, 1.54) is 13.0 Å². The van der Waals surface area contributed by atoms with E-state index >= 15 is 0 Å². The molecule has 2 aromatic heterocycles. The molecule has 3 heterocycles. The van der Waals surface area contributed by atoms with Gasteiger partial charge in [0.05, 0.1) is 16.6 Å². The molecule has 1 N–H and O–H groups in total. The highest BCUT2D eigenvalue weighted by molar-refractivity contribution is 7.89. The standard InChI is InChI=1S/C24H21F6N5O3S/c1-13-19(27)7-21(35(13)39(37,38)18-4-2-17(26)3-5-18)22(36)32-9-14-6-20(31-10-15(14)8-25)16-11-33-23(34-12-16)24(28,29)30/h2-6,10-13,19,21H,7-9H2,1H3,(H,32,36)/t13-,19+,21-/m0/s1. The van der Waals surface area contributed by atoms with Gasteiger partial charge in [-0.15, -0.1) is 0 Å². The van der Waals surface area contributed by atoms with E-state index in [0.717, 1.165) is 47.2 Å². The minimum atomic E-state index is -4.74. The fourth-order valence-electron chi connectivity index (χ4n) is 4.17. The number of carbonyl (C=O) groups excluding carboxylic acids is 1. The summed E-state index contributed by atoms with van der Waals surface area (Å²) in [5.74, 6) is -2.88. The van der Waals surface area contributed by atoms with Crippen LogP contribution in [0.4, 0.5) is 26.3 Å². The van der Waals surface area contributed by atoms with Gasteiger partial charge in [-0.1, -0.05) is 0 Å². The molecule has 3 atom stereocenters. The van der Waals surface area contributed by atoms with E-state index in [1.54, 1.807) is 0 Å². The third-order valence-corrected chi connectivity index (χ3v) is 8.26. The summed E-state index contributed by atoms with van der Waals surface area (Å²) >= 11 is 0. The predicted octanol–water partition coefficient (Wildman–Crippen LogP) is 3.97. The monoisotopic (exact) mass is 573 g/mol. The Morgan fingerprint density at radius 1 is 1.08 bits per heavy atom. The maximum Gasteiger partial charge on any atom is 0.451 e. The molecule has 0 bridgehead atoms. The Bertz CT molecular complexity index is 1450. The second-order valence-electron chi connectivity index (χ2n) is 8.78. The second-order valence-corrected chi connectivity index (χ2v) is 10.6. The number of sulfonamides is 1. The number of hydrogen-bond donors (Lipinski definition) is 1. The Kier molecular flexibility index (Phi) is 7.93. The Morgan fingerprint density at radius 2 is 1.72 bits per heavy atom. The molecule has 1 aliphatic rings. The number of rotatable bonds is 7. The Balaban J connectivity index is 1.55. The Hall–Kier alpha value is -3.59. The predicted molar refractivity (Wildman–Crippen MR) is 125 cm³/mol. The van der Waals surface area contributed by atoms with E-state index in [0.29, 0.717) is 0 Å². The van der Waals surface area contributed by atoms with Crippen LogP contribution in [0.25, 0.3) is 11.3 Å². The first-order valence-corrected chi connectivity index (χ1v) is 12.9. The average molecular weight is 574 g/mol. The lowest BCUT2D eigenvalue weighted by Gasteiger charge is -2.27. The largest absolute Gasteiger partial charge is 0.451 e. The fourth-order valence-corrected chi connectivity index (χ4v) is 5.98. The first-order valence-electron chi connectivity index (χ1n) is 11.5. The van der Waals surface area contributed by atoms with Gasteiger partial charge in [-0.3, -0.25) is 9.78 Å². The van der Waals surface area contributed by atoms with Crippen molar-refractivity contribution in [3.05, 3.63) is 71.7 Å². The van der Waals surface area contributed by atoms with E-state index in [-0.39, 0.29) is 33.8 Å². The van der Waals surface area contributed by atoms with Crippen molar-refractivity contribution in [3.63, 3.8) is 0 Å². The topological polar surface area (TPSA) is 105 Å². The van der Waals surface area contributed by atoms with E-state index < -0.39 is 65.1 Å². The summed E-state index contributed by atoms with van der Waals surface area (Å²) in [6, 6.07) is 2.56. The van der Waals surface area contributed by atoms with Gasteiger partial charge in [0.1, 0.15) is 24.7 Å². The third-order valence-electron chi connectivity index (χ3n) is 6.25. The molecule has 208 valence electrons. The van der Waals surface area contributed by atoms with Crippen molar-refractivity contribution >= 4 is 15.9 Å². The van der Waals surface area contributed by atoms with Crippen LogP contribution in [0.15, 0.2) is 53.8 Å². The van der Waals surface area contributed by atoms with Gasteiger partial charge in [-0.2, -0.15) is 17.5 Å². The Morgan fingerprint density at radius 3 is 2.31 bits per heavy atom. The first-order chi connectivity index (χ1) is 18.3. The number of amides is 1. The molecule has 0 unspecified atom stereocenters. The molecular formula is C24H21F6N5O3S. The lowest BCUT2D eigenvalue weighted by atomic mass is 10.1. The van der Waals surface area contributed by atoms with Crippen LogP contribution < -0.4 is 5.32 Å². The zero-order chi connectivity index (χ0) is 28.5. The molecule has 0 aliphatic carbocycles. The number of nitrogens with one attached hydrogen (secondary N) is 1. The Labute approximate surface area is 219 Å². The third kappa shape index (κ3) is 5.88. The minimum absolute atomic E-state index is 0.0610. The first kappa shape index (κ1) is 28.4. The molecule has 0 radical (unpaired) electrons. The summed E-state index contributed by atoms with van der Waals surface area (Å²) in [5.41, 5.74) is 0.462. The number of aromatic nitrogens is 3. The number of hydrogen-bond acceptors (Lipinski definition) is 6. The van der Waals surface area contributed by atoms with E-state index in [1.807, 2.05) is 0 Å². The molecule has 4 rings (SSSR count). The summed E-state index contributed by atoms with van der Waals surface area (Å²) in [4.78, 5) is 23.3. The number of nitrogens with zero attached hydrogens (tertiary/aromatic N) is 4. The summed E-state index contributed by atoms with van der Waals surface area (Å²) in [6.07, 6.45) is -3.91. The van der Waals surface area contributed by atoms with Crippen LogP contribution in [-0.4, -0.2) is 51.8 Å². The van der Waals surface area contributed by atoms with Gasteiger partial charge in [-0.05, 0) is 42.8 Å². The van der Waals surface area contributed by atoms with Crippen LogP contribution in [-0.2, 0) is 34.2 Å². The summed E-state index contributed by atoms with van der Waals surface area (Å²) in [7, 11) is -4.38. The summed E-state index contributed by atoms with van der Waals surface area (Å²) < 4.78 is 107. The van der Waals surface area contributed by atoms with Gasteiger partial charge in [0, 0.05) is 42.7 Å². The van der Waals surface area contributed by atoms with E-state index in [4.69, 9.17) is 0 Å². The van der Waals surface area contributed by atoms with Crippen LogP contribution >= 0.6 is 0 Å². The normalized spacial score (nSPS) is 20.2. The molecule has 1 fully saturated rings. The quantitative estimate of drug-likeness (QED) is 0.429. The molecule has 39 heavy (non-hydrogen) atoms. The zero-order valence-corrected chi connectivity index (χ0v) is 21.0. The minimum Gasteiger partial charge on any atom is -0.351 e. The number of carbonyl (C=O) groups is 1. The number of alkyl halides is 5. The smallest absolute Gasteiger partial charge is 0.351 e. The number of halogens is 6. The highest BCUT2D eigenvalue weighted by atomic mass is 32.2. The molecule has 8 nitrogen and oxygen atoms in total. The van der Waals surface area contributed by atoms with Crippen LogP contribution in [0.2, 0.25) is 0 Å². The van der Waals surface area contributed by atoms with E-state index in [2.05, 4.69) is 20.3 Å². The molecular weight excluding hydrogens is 552 g/mol. The van der Waals surface area contributed by atoms with Crippen LogP contribution in [0.5, 0.6) is 0 Å². The van der Waals surface area contributed by atoms with Crippen molar-refractivity contribution < 1.29 is 39.6 Å². The van der Waals surface area contributed by atoms with Crippen molar-refractivity contribution in [3.8, 4) is 11.3 Å². The SMILES string of the molecule is C[C@H]1[C@H](F)C[C@@H](C(=O)NCc2cc(-c3cnc(C(F)(F)F)nc3)ncc2CF)N1S(=O)(=O)c1ccc(F)cc1. The fraction of sp³-hybridized carbons (Fsp3) is 0.333. The van der Waals surface area contributed by atoms with Crippen LogP contribution in [0.1, 0.15) is 30.3 Å². The van der Waals surface area contributed by atoms with Gasteiger partial charge in [0.25, 0.3) is 0 Å². The number of pyridine rings is 1. The lowest BCUT2D eigenvalue weighted by molar-refractivity contribution is -0.145. The van der Waals surface area contributed by atoms with Crippen molar-refractivity contribution in [2.24, 2.45) is 0 Å². The summed E-state index contributed by atoms with van der Waals surface area (Å²) in [5, 5.41) is 2.48. The zero-order valence-electron chi connectivity index (χ0n) is 20.2. The van der Waals surface area contributed by atoms with Crippen molar-refractivity contribution in [2.75, 3.05) is 0 Å². The number of benzene rings is 1. The molecule has 1 aromatic carbocycles. The maximum atomic E-state index is 14.6.